The molecule has 0 aliphatic carbocycles. The normalized spacial score (nSPS) is 16.6. The van der Waals surface area contributed by atoms with Gasteiger partial charge in [0.2, 0.25) is 5.78 Å². The van der Waals surface area contributed by atoms with Crippen molar-refractivity contribution in [2.24, 2.45) is 0 Å². The summed E-state index contributed by atoms with van der Waals surface area (Å²) in [6.45, 7) is 2.03. The molecule has 0 saturated carbocycles. The van der Waals surface area contributed by atoms with Gasteiger partial charge in [-0.2, -0.15) is 0 Å². The molecule has 1 heterocycles. The van der Waals surface area contributed by atoms with Crippen LogP contribution in [0.15, 0.2) is 66.4 Å². The molecule has 122 valence electrons. The summed E-state index contributed by atoms with van der Waals surface area (Å²) in [5.41, 5.74) is 8.06. The predicted molar refractivity (Wildman–Crippen MR) is 90.8 cm³/mol. The number of ketones is 1. The largest absolute Gasteiger partial charge is 0.465 e. The van der Waals surface area contributed by atoms with E-state index in [0.29, 0.717) is 16.8 Å². The van der Waals surface area contributed by atoms with Crippen molar-refractivity contribution in [1.82, 2.24) is 10.9 Å². The van der Waals surface area contributed by atoms with Crippen LogP contribution >= 0.6 is 0 Å². The summed E-state index contributed by atoms with van der Waals surface area (Å²) in [5.74, 6) is -0.589. The molecule has 1 atom stereocenters. The van der Waals surface area contributed by atoms with Crippen LogP contribution in [-0.2, 0) is 9.53 Å². The van der Waals surface area contributed by atoms with Crippen LogP contribution in [0, 0.1) is 0 Å². The van der Waals surface area contributed by atoms with Crippen LogP contribution < -0.4 is 10.9 Å². The number of ether oxygens (including phenoxy) is 1. The van der Waals surface area contributed by atoms with Gasteiger partial charge in [0.05, 0.1) is 6.61 Å². The van der Waals surface area contributed by atoms with Crippen LogP contribution in [-0.4, -0.2) is 24.4 Å². The third-order valence-electron chi connectivity index (χ3n) is 3.77. The summed E-state index contributed by atoms with van der Waals surface area (Å²) in [7, 11) is 0. The molecule has 2 aromatic rings. The van der Waals surface area contributed by atoms with Gasteiger partial charge < -0.3 is 10.2 Å². The molecule has 0 fully saturated rings. The number of nitrogens with one attached hydrogen (secondary N) is 2. The second-order valence-electron chi connectivity index (χ2n) is 5.30. The monoisotopic (exact) mass is 322 g/mol. The van der Waals surface area contributed by atoms with Crippen molar-refractivity contribution >= 4 is 17.3 Å². The minimum absolute atomic E-state index is 0.172. The second-order valence-corrected chi connectivity index (χ2v) is 5.30. The lowest BCUT2D eigenvalue weighted by Gasteiger charge is -2.13. The fourth-order valence-corrected chi connectivity index (χ4v) is 2.67. The van der Waals surface area contributed by atoms with Gasteiger partial charge in [-0.3, -0.25) is 4.79 Å². The van der Waals surface area contributed by atoms with E-state index < -0.39 is 12.0 Å². The summed E-state index contributed by atoms with van der Waals surface area (Å²) < 4.78 is 5.12. The lowest BCUT2D eigenvalue weighted by molar-refractivity contribution is -0.143. The Morgan fingerprint density at radius 1 is 1.00 bits per heavy atom. The first-order chi connectivity index (χ1) is 11.7. The van der Waals surface area contributed by atoms with Crippen molar-refractivity contribution in [3.8, 4) is 0 Å². The molecule has 5 nitrogen and oxygen atoms in total. The van der Waals surface area contributed by atoms with Crippen molar-refractivity contribution in [3.05, 3.63) is 77.5 Å². The third kappa shape index (κ3) is 3.07. The summed E-state index contributed by atoms with van der Waals surface area (Å²) in [4.78, 5) is 25.1. The van der Waals surface area contributed by atoms with Gasteiger partial charge in [0.1, 0.15) is 5.70 Å². The van der Waals surface area contributed by atoms with Crippen LogP contribution in [0.1, 0.15) is 22.8 Å². The van der Waals surface area contributed by atoms with E-state index in [4.69, 9.17) is 4.74 Å². The van der Waals surface area contributed by atoms with Gasteiger partial charge in [0, 0.05) is 11.1 Å². The zero-order valence-corrected chi connectivity index (χ0v) is 13.3. The highest BCUT2D eigenvalue weighted by Gasteiger charge is 2.35. The van der Waals surface area contributed by atoms with Crippen molar-refractivity contribution in [3.63, 3.8) is 0 Å². The average Bonchev–Trinajstić information content (AvgIpc) is 3.08. The summed E-state index contributed by atoms with van der Waals surface area (Å²) in [6.07, 6.45) is 0. The molecular formula is C19H18N2O3. The number of carbonyl (C=O) groups is 2. The molecular weight excluding hydrogens is 304 g/mol. The Kier molecular flexibility index (Phi) is 4.72. The van der Waals surface area contributed by atoms with E-state index >= 15 is 0 Å². The minimum atomic E-state index is -0.727. The quantitative estimate of drug-likeness (QED) is 0.653. The van der Waals surface area contributed by atoms with Crippen molar-refractivity contribution in [2.45, 2.75) is 13.0 Å². The molecule has 1 unspecified atom stereocenters. The number of carbonyl (C=O) groups excluding carboxylic acids is 2. The molecule has 0 bridgehead atoms. The Morgan fingerprint density at radius 3 is 2.25 bits per heavy atom. The maximum absolute atomic E-state index is 12.8. The average molecular weight is 322 g/mol. The molecule has 1 aliphatic rings. The molecule has 0 spiro atoms. The Morgan fingerprint density at radius 2 is 1.62 bits per heavy atom. The lowest BCUT2D eigenvalue weighted by Crippen LogP contribution is -2.40. The van der Waals surface area contributed by atoms with Crippen LogP contribution in [0.4, 0.5) is 0 Å². The van der Waals surface area contributed by atoms with E-state index in [1.165, 1.54) is 0 Å². The fourth-order valence-electron chi connectivity index (χ4n) is 2.67. The summed E-state index contributed by atoms with van der Waals surface area (Å²) in [6, 6.07) is 17.6. The topological polar surface area (TPSA) is 67.4 Å². The number of hydrogen-bond acceptors (Lipinski definition) is 5. The first kappa shape index (κ1) is 16.0. The third-order valence-corrected chi connectivity index (χ3v) is 3.77. The minimum Gasteiger partial charge on any atom is -0.465 e. The molecule has 0 aromatic heterocycles. The van der Waals surface area contributed by atoms with E-state index in [0.717, 1.165) is 5.56 Å². The molecule has 0 saturated heterocycles. The van der Waals surface area contributed by atoms with E-state index in [-0.39, 0.29) is 12.4 Å². The van der Waals surface area contributed by atoms with Gasteiger partial charge in [-0.05, 0) is 12.5 Å². The fraction of sp³-hybridized carbons (Fsp3) is 0.158. The highest BCUT2D eigenvalue weighted by Crippen LogP contribution is 2.27. The molecule has 0 radical (unpaired) electrons. The van der Waals surface area contributed by atoms with Crippen LogP contribution in [0.25, 0.3) is 5.57 Å². The van der Waals surface area contributed by atoms with Crippen LogP contribution in [0.3, 0.4) is 0 Å². The molecule has 1 aliphatic heterocycles. The van der Waals surface area contributed by atoms with Gasteiger partial charge in [-0.25, -0.2) is 10.2 Å². The van der Waals surface area contributed by atoms with Gasteiger partial charge in [-0.1, -0.05) is 60.7 Å². The molecule has 3 rings (SSSR count). The van der Waals surface area contributed by atoms with Crippen molar-refractivity contribution in [1.29, 1.82) is 0 Å². The van der Waals surface area contributed by atoms with Crippen molar-refractivity contribution < 1.29 is 14.3 Å². The second kappa shape index (κ2) is 7.10. The highest BCUT2D eigenvalue weighted by molar-refractivity contribution is 6.15. The van der Waals surface area contributed by atoms with Gasteiger partial charge in [0.25, 0.3) is 0 Å². The van der Waals surface area contributed by atoms with Gasteiger partial charge >= 0.3 is 5.97 Å². The van der Waals surface area contributed by atoms with E-state index in [1.807, 2.05) is 36.4 Å². The van der Waals surface area contributed by atoms with E-state index in [2.05, 4.69) is 10.9 Å². The molecule has 2 N–H and O–H groups in total. The summed E-state index contributed by atoms with van der Waals surface area (Å²) >= 11 is 0. The molecule has 24 heavy (non-hydrogen) atoms. The Hall–Kier alpha value is -2.92. The maximum atomic E-state index is 12.8. The maximum Gasteiger partial charge on any atom is 0.329 e. The predicted octanol–water partition coefficient (Wildman–Crippen LogP) is 2.32. The SMILES string of the molecule is CCOC(=O)C1NNC(C(=O)c2ccccc2)=C1c1ccccc1. The Balaban J connectivity index is 2.06. The Labute approximate surface area is 140 Å². The zero-order chi connectivity index (χ0) is 16.9. The van der Waals surface area contributed by atoms with Crippen LogP contribution in [0.2, 0.25) is 0 Å². The number of benzene rings is 2. The van der Waals surface area contributed by atoms with Crippen LogP contribution in [0.5, 0.6) is 0 Å². The zero-order valence-electron chi connectivity index (χ0n) is 13.3. The number of Topliss-reactive ketones (excluding diaryl/α,β-unsaturated/α-hetero) is 1. The standard InChI is InChI=1S/C19H18N2O3/c1-2-24-19(23)17-15(13-9-5-3-6-10-13)16(20-21-17)18(22)14-11-7-4-8-12-14/h3-12,17,20-21H,2H2,1H3. The number of rotatable bonds is 5. The van der Waals surface area contributed by atoms with Gasteiger partial charge in [0.15, 0.2) is 6.04 Å². The van der Waals surface area contributed by atoms with E-state index in [9.17, 15) is 9.59 Å². The van der Waals surface area contributed by atoms with Crippen molar-refractivity contribution in [2.75, 3.05) is 6.61 Å². The molecule has 2 aromatic carbocycles. The lowest BCUT2D eigenvalue weighted by atomic mass is 9.95. The number of allylic oxidation sites excluding steroid dienone is 1. The van der Waals surface area contributed by atoms with Gasteiger partial charge in [-0.15, -0.1) is 0 Å². The first-order valence-corrected chi connectivity index (χ1v) is 7.80. The first-order valence-electron chi connectivity index (χ1n) is 7.80. The smallest absolute Gasteiger partial charge is 0.329 e. The number of hydrazine groups is 1. The summed E-state index contributed by atoms with van der Waals surface area (Å²) in [5, 5.41) is 0. The highest BCUT2D eigenvalue weighted by atomic mass is 16.5. The number of esters is 1. The Bertz CT molecular complexity index is 770. The molecule has 5 heteroatoms. The molecule has 0 amide bonds. The number of hydrogen-bond donors (Lipinski definition) is 2. The van der Waals surface area contributed by atoms with E-state index in [1.54, 1.807) is 31.2 Å².